The molecule has 80 valence electrons. The van der Waals surface area contributed by atoms with Gasteiger partial charge in [-0.25, -0.2) is 4.98 Å². The highest BCUT2D eigenvalue weighted by atomic mass is 16.5. The SMILES string of the molecule is COCC(CCO)Nc1nccn1C. The van der Waals surface area contributed by atoms with E-state index in [1.807, 2.05) is 17.8 Å². The fourth-order valence-corrected chi connectivity index (χ4v) is 1.24. The van der Waals surface area contributed by atoms with E-state index >= 15 is 0 Å². The second kappa shape index (κ2) is 5.62. The van der Waals surface area contributed by atoms with Gasteiger partial charge in [-0.1, -0.05) is 0 Å². The zero-order valence-electron chi connectivity index (χ0n) is 8.60. The van der Waals surface area contributed by atoms with Crippen molar-refractivity contribution in [3.8, 4) is 0 Å². The molecule has 5 heteroatoms. The van der Waals surface area contributed by atoms with Gasteiger partial charge < -0.3 is 19.7 Å². The van der Waals surface area contributed by atoms with E-state index in [2.05, 4.69) is 10.3 Å². The number of imidazole rings is 1. The van der Waals surface area contributed by atoms with Gasteiger partial charge >= 0.3 is 0 Å². The second-order valence-electron chi connectivity index (χ2n) is 3.17. The molecule has 0 radical (unpaired) electrons. The predicted octanol–water partition coefficient (Wildman–Crippen LogP) is 0.229. The standard InChI is InChI=1S/C9H17N3O2/c1-12-5-4-10-9(12)11-8(3-6-13)7-14-2/h4-5,8,13H,3,6-7H2,1-2H3,(H,10,11). The quantitative estimate of drug-likeness (QED) is 0.688. The maximum atomic E-state index is 8.84. The number of hydrogen-bond donors (Lipinski definition) is 2. The number of aliphatic hydroxyl groups excluding tert-OH is 1. The van der Waals surface area contributed by atoms with E-state index in [9.17, 15) is 0 Å². The Morgan fingerprint density at radius 1 is 1.71 bits per heavy atom. The number of ether oxygens (including phenoxy) is 1. The van der Waals surface area contributed by atoms with Gasteiger partial charge in [0.25, 0.3) is 0 Å². The van der Waals surface area contributed by atoms with Crippen molar-refractivity contribution in [1.29, 1.82) is 0 Å². The van der Waals surface area contributed by atoms with Gasteiger partial charge in [-0.15, -0.1) is 0 Å². The Morgan fingerprint density at radius 3 is 3.00 bits per heavy atom. The van der Waals surface area contributed by atoms with Gasteiger partial charge in [-0.2, -0.15) is 0 Å². The van der Waals surface area contributed by atoms with E-state index in [0.717, 1.165) is 5.95 Å². The largest absolute Gasteiger partial charge is 0.396 e. The summed E-state index contributed by atoms with van der Waals surface area (Å²) < 4.78 is 6.92. The monoisotopic (exact) mass is 199 g/mol. The lowest BCUT2D eigenvalue weighted by Gasteiger charge is -2.17. The van der Waals surface area contributed by atoms with Crippen molar-refractivity contribution < 1.29 is 9.84 Å². The molecule has 1 aromatic rings. The Kier molecular flexibility index (Phi) is 4.42. The highest BCUT2D eigenvalue weighted by molar-refractivity contribution is 5.26. The average Bonchev–Trinajstić information content (AvgIpc) is 2.53. The maximum absolute atomic E-state index is 8.84. The van der Waals surface area contributed by atoms with E-state index < -0.39 is 0 Å². The van der Waals surface area contributed by atoms with Crippen LogP contribution < -0.4 is 5.32 Å². The third-order valence-electron chi connectivity index (χ3n) is 2.00. The highest BCUT2D eigenvalue weighted by Gasteiger charge is 2.09. The van der Waals surface area contributed by atoms with Crippen molar-refractivity contribution in [3.63, 3.8) is 0 Å². The molecule has 0 spiro atoms. The molecule has 1 atom stereocenters. The van der Waals surface area contributed by atoms with Gasteiger partial charge in [0.15, 0.2) is 0 Å². The van der Waals surface area contributed by atoms with Crippen molar-refractivity contribution >= 4 is 5.95 Å². The van der Waals surface area contributed by atoms with E-state index in [0.29, 0.717) is 13.0 Å². The summed E-state index contributed by atoms with van der Waals surface area (Å²) in [5, 5.41) is 12.0. The lowest BCUT2D eigenvalue weighted by atomic mass is 10.2. The first-order valence-corrected chi connectivity index (χ1v) is 4.61. The summed E-state index contributed by atoms with van der Waals surface area (Å²) in [6.07, 6.45) is 4.25. The number of rotatable bonds is 6. The van der Waals surface area contributed by atoms with Crippen LogP contribution in [0, 0.1) is 0 Å². The predicted molar refractivity (Wildman–Crippen MR) is 54.2 cm³/mol. The molecule has 0 saturated carbocycles. The molecule has 0 aliphatic heterocycles. The molecule has 1 heterocycles. The van der Waals surface area contributed by atoms with Crippen LogP contribution in [-0.4, -0.2) is 41.0 Å². The van der Waals surface area contributed by atoms with Gasteiger partial charge in [0, 0.05) is 33.2 Å². The smallest absolute Gasteiger partial charge is 0.202 e. The van der Waals surface area contributed by atoms with E-state index in [-0.39, 0.29) is 12.6 Å². The Balaban J connectivity index is 2.50. The summed E-state index contributed by atoms with van der Waals surface area (Å²) >= 11 is 0. The second-order valence-corrected chi connectivity index (χ2v) is 3.17. The van der Waals surface area contributed by atoms with Crippen LogP contribution in [0.3, 0.4) is 0 Å². The molecule has 1 aromatic heterocycles. The van der Waals surface area contributed by atoms with Gasteiger partial charge in [0.2, 0.25) is 5.95 Å². The third-order valence-corrected chi connectivity index (χ3v) is 2.00. The lowest BCUT2D eigenvalue weighted by molar-refractivity contribution is 0.170. The van der Waals surface area contributed by atoms with Crippen LogP contribution in [0.2, 0.25) is 0 Å². The van der Waals surface area contributed by atoms with Gasteiger partial charge in [0.05, 0.1) is 12.6 Å². The molecule has 2 N–H and O–H groups in total. The number of nitrogens with one attached hydrogen (secondary N) is 1. The van der Waals surface area contributed by atoms with Crippen molar-refractivity contribution in [3.05, 3.63) is 12.4 Å². The van der Waals surface area contributed by atoms with Gasteiger partial charge in [-0.3, -0.25) is 0 Å². The molecule has 14 heavy (non-hydrogen) atoms. The molecule has 0 bridgehead atoms. The number of aliphatic hydroxyl groups is 1. The van der Waals surface area contributed by atoms with Crippen molar-refractivity contribution in [2.45, 2.75) is 12.5 Å². The summed E-state index contributed by atoms with van der Waals surface area (Å²) in [6, 6.07) is 0.103. The van der Waals surface area contributed by atoms with Crippen LogP contribution in [0.1, 0.15) is 6.42 Å². The molecule has 0 aliphatic rings. The molecule has 0 fully saturated rings. The fraction of sp³-hybridized carbons (Fsp3) is 0.667. The average molecular weight is 199 g/mol. The minimum Gasteiger partial charge on any atom is -0.396 e. The first-order valence-electron chi connectivity index (χ1n) is 4.61. The molecular formula is C9H17N3O2. The van der Waals surface area contributed by atoms with E-state index in [1.54, 1.807) is 13.3 Å². The Labute approximate surface area is 83.7 Å². The zero-order chi connectivity index (χ0) is 10.4. The zero-order valence-corrected chi connectivity index (χ0v) is 8.60. The first kappa shape index (κ1) is 11.0. The van der Waals surface area contributed by atoms with Gasteiger partial charge in [0.1, 0.15) is 0 Å². The highest BCUT2D eigenvalue weighted by Crippen LogP contribution is 2.05. The third kappa shape index (κ3) is 3.01. The van der Waals surface area contributed by atoms with Crippen LogP contribution >= 0.6 is 0 Å². The number of aryl methyl sites for hydroxylation is 1. The van der Waals surface area contributed by atoms with Crippen molar-refractivity contribution in [2.24, 2.45) is 7.05 Å². The molecule has 5 nitrogen and oxygen atoms in total. The van der Waals surface area contributed by atoms with Crippen molar-refractivity contribution in [2.75, 3.05) is 25.6 Å². The van der Waals surface area contributed by atoms with E-state index in [1.165, 1.54) is 0 Å². The van der Waals surface area contributed by atoms with Crippen LogP contribution in [-0.2, 0) is 11.8 Å². The molecule has 1 rings (SSSR count). The number of anilines is 1. The van der Waals surface area contributed by atoms with Crippen LogP contribution in [0.5, 0.6) is 0 Å². The summed E-state index contributed by atoms with van der Waals surface area (Å²) in [5.74, 6) is 0.792. The molecule has 0 amide bonds. The lowest BCUT2D eigenvalue weighted by Crippen LogP contribution is -2.27. The molecular weight excluding hydrogens is 182 g/mol. The number of aromatic nitrogens is 2. The summed E-state index contributed by atoms with van der Waals surface area (Å²) in [4.78, 5) is 4.13. The Hall–Kier alpha value is -1.07. The Morgan fingerprint density at radius 2 is 2.50 bits per heavy atom. The number of methoxy groups -OCH3 is 1. The molecule has 0 aliphatic carbocycles. The molecule has 0 saturated heterocycles. The van der Waals surface area contributed by atoms with Crippen LogP contribution in [0.4, 0.5) is 5.95 Å². The van der Waals surface area contributed by atoms with Gasteiger partial charge in [-0.05, 0) is 6.42 Å². The number of hydrogen-bond acceptors (Lipinski definition) is 4. The van der Waals surface area contributed by atoms with Crippen LogP contribution in [0.15, 0.2) is 12.4 Å². The summed E-state index contributed by atoms with van der Waals surface area (Å²) in [6.45, 7) is 0.707. The summed E-state index contributed by atoms with van der Waals surface area (Å²) in [7, 11) is 3.56. The minimum absolute atomic E-state index is 0.103. The van der Waals surface area contributed by atoms with Crippen molar-refractivity contribution in [1.82, 2.24) is 9.55 Å². The minimum atomic E-state index is 0.103. The van der Waals surface area contributed by atoms with E-state index in [4.69, 9.17) is 9.84 Å². The molecule has 0 aromatic carbocycles. The number of nitrogens with zero attached hydrogens (tertiary/aromatic N) is 2. The Bertz CT molecular complexity index is 256. The first-order chi connectivity index (χ1) is 6.77. The summed E-state index contributed by atoms with van der Waals surface area (Å²) in [5.41, 5.74) is 0. The topological polar surface area (TPSA) is 59.3 Å². The normalized spacial score (nSPS) is 12.8. The molecule has 1 unspecified atom stereocenters. The maximum Gasteiger partial charge on any atom is 0.202 e. The fourth-order valence-electron chi connectivity index (χ4n) is 1.24. The van der Waals surface area contributed by atoms with Crippen LogP contribution in [0.25, 0.3) is 0 Å².